The Balaban J connectivity index is 1.84. The lowest BCUT2D eigenvalue weighted by atomic mass is 10.1. The van der Waals surface area contributed by atoms with Crippen molar-refractivity contribution < 1.29 is 4.74 Å². The molecule has 106 valence electrons. The topological polar surface area (TPSA) is 39.9 Å². The summed E-state index contributed by atoms with van der Waals surface area (Å²) in [5.74, 6) is 2.01. The Bertz CT molecular complexity index is 655. The average Bonchev–Trinajstić information content (AvgIpc) is 3.07. The highest BCUT2D eigenvalue weighted by Crippen LogP contribution is 2.44. The van der Waals surface area contributed by atoms with E-state index in [1.165, 1.54) is 12.8 Å². The first-order valence-corrected chi connectivity index (χ1v) is 8.30. The number of halogens is 2. The van der Waals surface area contributed by atoms with Crippen LogP contribution in [-0.4, -0.2) is 27.2 Å². The van der Waals surface area contributed by atoms with Crippen LogP contribution >= 0.6 is 27.5 Å². The van der Waals surface area contributed by atoms with E-state index in [1.54, 1.807) is 0 Å². The highest BCUT2D eigenvalue weighted by atomic mass is 79.9. The molecule has 0 aromatic carbocycles. The fraction of sp³-hybridized carbons (Fsp3) is 0.571. The van der Waals surface area contributed by atoms with Crippen molar-refractivity contribution in [1.82, 2.24) is 14.5 Å². The van der Waals surface area contributed by atoms with Gasteiger partial charge in [-0.3, -0.25) is 0 Å². The SMILES string of the molecule is ClCc1nc2cc(Br)cnc2n1C1CCOC1C1CC1. The third-order valence-corrected chi connectivity index (χ3v) is 4.88. The fourth-order valence-corrected chi connectivity index (χ4v) is 3.71. The van der Waals surface area contributed by atoms with Gasteiger partial charge in [-0.15, -0.1) is 11.6 Å². The van der Waals surface area contributed by atoms with Crippen LogP contribution in [0.5, 0.6) is 0 Å². The number of pyridine rings is 1. The van der Waals surface area contributed by atoms with E-state index in [2.05, 4.69) is 30.5 Å². The summed E-state index contributed by atoms with van der Waals surface area (Å²) >= 11 is 9.55. The number of hydrogen-bond acceptors (Lipinski definition) is 3. The van der Waals surface area contributed by atoms with Crippen molar-refractivity contribution >= 4 is 38.7 Å². The molecule has 4 rings (SSSR count). The summed E-state index contributed by atoms with van der Waals surface area (Å²) in [5.41, 5.74) is 1.82. The first-order valence-electron chi connectivity index (χ1n) is 6.98. The Hall–Kier alpha value is -0.650. The molecule has 2 fully saturated rings. The van der Waals surface area contributed by atoms with Crippen molar-refractivity contribution in [3.63, 3.8) is 0 Å². The van der Waals surface area contributed by atoms with Gasteiger partial charge < -0.3 is 9.30 Å². The molecule has 2 unspecified atom stereocenters. The summed E-state index contributed by atoms with van der Waals surface area (Å²) in [4.78, 5) is 9.18. The molecule has 4 nitrogen and oxygen atoms in total. The Morgan fingerprint density at radius 1 is 1.40 bits per heavy atom. The van der Waals surface area contributed by atoms with Crippen LogP contribution in [0.4, 0.5) is 0 Å². The van der Waals surface area contributed by atoms with Gasteiger partial charge in [0.05, 0.1) is 18.0 Å². The Morgan fingerprint density at radius 3 is 3.00 bits per heavy atom. The minimum atomic E-state index is 0.305. The van der Waals surface area contributed by atoms with Gasteiger partial charge in [-0.25, -0.2) is 9.97 Å². The maximum atomic E-state index is 6.10. The molecule has 1 aliphatic heterocycles. The molecular formula is C14H15BrClN3O. The molecule has 0 bridgehead atoms. The molecule has 2 aliphatic rings. The number of rotatable bonds is 3. The van der Waals surface area contributed by atoms with Gasteiger partial charge in [0.25, 0.3) is 0 Å². The van der Waals surface area contributed by atoms with Crippen LogP contribution in [0.25, 0.3) is 11.2 Å². The highest BCUT2D eigenvalue weighted by Gasteiger charge is 2.42. The number of aromatic nitrogens is 3. The molecule has 2 aromatic rings. The quantitative estimate of drug-likeness (QED) is 0.788. The molecule has 1 saturated heterocycles. The largest absolute Gasteiger partial charge is 0.376 e. The van der Waals surface area contributed by atoms with Gasteiger partial charge in [0.15, 0.2) is 5.65 Å². The van der Waals surface area contributed by atoms with Crippen molar-refractivity contribution in [2.45, 2.75) is 37.3 Å². The number of fused-ring (bicyclic) bond motifs is 1. The van der Waals surface area contributed by atoms with Crippen molar-refractivity contribution in [2.75, 3.05) is 6.61 Å². The van der Waals surface area contributed by atoms with Gasteiger partial charge in [0.2, 0.25) is 0 Å². The van der Waals surface area contributed by atoms with E-state index in [1.807, 2.05) is 12.3 Å². The van der Waals surface area contributed by atoms with Gasteiger partial charge in [0.1, 0.15) is 11.3 Å². The molecule has 0 N–H and O–H groups in total. The van der Waals surface area contributed by atoms with Gasteiger partial charge in [-0.1, -0.05) is 0 Å². The molecule has 2 aromatic heterocycles. The molecular weight excluding hydrogens is 342 g/mol. The van der Waals surface area contributed by atoms with Crippen molar-refractivity contribution in [2.24, 2.45) is 5.92 Å². The predicted octanol–water partition coefficient (Wildman–Crippen LogP) is 3.67. The number of alkyl halides is 1. The normalized spacial score (nSPS) is 26.5. The molecule has 0 amide bonds. The minimum absolute atomic E-state index is 0.305. The van der Waals surface area contributed by atoms with E-state index in [4.69, 9.17) is 16.3 Å². The maximum absolute atomic E-state index is 6.10. The summed E-state index contributed by atoms with van der Waals surface area (Å²) in [6.45, 7) is 0.823. The molecule has 1 saturated carbocycles. The van der Waals surface area contributed by atoms with Crippen LogP contribution in [0, 0.1) is 5.92 Å². The standard InChI is InChI=1S/C14H15BrClN3O/c15-9-5-10-14(17-7-9)19(12(6-16)18-10)11-3-4-20-13(11)8-1-2-8/h5,7-8,11,13H,1-4,6H2. The molecule has 6 heteroatoms. The second-order valence-corrected chi connectivity index (χ2v) is 6.74. The fourth-order valence-electron chi connectivity index (χ4n) is 3.20. The van der Waals surface area contributed by atoms with Crippen LogP contribution in [0.15, 0.2) is 16.7 Å². The monoisotopic (exact) mass is 355 g/mol. The second kappa shape index (κ2) is 4.97. The smallest absolute Gasteiger partial charge is 0.160 e. The zero-order chi connectivity index (χ0) is 13.7. The summed E-state index contributed by atoms with van der Waals surface area (Å²) in [6, 6.07) is 2.33. The van der Waals surface area contributed by atoms with Crippen LogP contribution in [-0.2, 0) is 10.6 Å². The van der Waals surface area contributed by atoms with Crippen molar-refractivity contribution in [3.05, 3.63) is 22.6 Å². The third kappa shape index (κ3) is 2.07. The number of hydrogen-bond donors (Lipinski definition) is 0. The number of ether oxygens (including phenoxy) is 1. The highest BCUT2D eigenvalue weighted by molar-refractivity contribution is 9.10. The lowest BCUT2D eigenvalue weighted by molar-refractivity contribution is 0.0753. The lowest BCUT2D eigenvalue weighted by Crippen LogP contribution is -2.23. The third-order valence-electron chi connectivity index (χ3n) is 4.21. The molecule has 3 heterocycles. The second-order valence-electron chi connectivity index (χ2n) is 5.56. The zero-order valence-corrected chi connectivity index (χ0v) is 13.3. The minimum Gasteiger partial charge on any atom is -0.376 e. The van der Waals surface area contributed by atoms with E-state index in [-0.39, 0.29) is 0 Å². The lowest BCUT2D eigenvalue weighted by Gasteiger charge is -2.21. The van der Waals surface area contributed by atoms with E-state index in [0.29, 0.717) is 23.9 Å². The van der Waals surface area contributed by atoms with Crippen molar-refractivity contribution in [3.8, 4) is 0 Å². The molecule has 1 aliphatic carbocycles. The van der Waals surface area contributed by atoms with E-state index >= 15 is 0 Å². The van der Waals surface area contributed by atoms with Crippen LogP contribution in [0.3, 0.4) is 0 Å². The van der Waals surface area contributed by atoms with Gasteiger partial charge >= 0.3 is 0 Å². The van der Waals surface area contributed by atoms with Crippen molar-refractivity contribution in [1.29, 1.82) is 0 Å². The van der Waals surface area contributed by atoms with E-state index < -0.39 is 0 Å². The number of nitrogens with zero attached hydrogens (tertiary/aromatic N) is 3. The first-order chi connectivity index (χ1) is 9.78. The summed E-state index contributed by atoms with van der Waals surface area (Å²) < 4.78 is 9.11. The molecule has 0 spiro atoms. The van der Waals surface area contributed by atoms with E-state index in [9.17, 15) is 0 Å². The Morgan fingerprint density at radius 2 is 2.25 bits per heavy atom. The molecule has 0 radical (unpaired) electrons. The molecule has 2 atom stereocenters. The summed E-state index contributed by atoms with van der Waals surface area (Å²) in [5, 5.41) is 0. The van der Waals surface area contributed by atoms with E-state index in [0.717, 1.165) is 34.5 Å². The van der Waals surface area contributed by atoms with Gasteiger partial charge in [-0.05, 0) is 47.2 Å². The molecule has 20 heavy (non-hydrogen) atoms. The van der Waals surface area contributed by atoms with Gasteiger partial charge in [-0.2, -0.15) is 0 Å². The Kier molecular flexibility index (Phi) is 3.24. The van der Waals surface area contributed by atoms with Crippen LogP contribution in [0.2, 0.25) is 0 Å². The van der Waals surface area contributed by atoms with Crippen LogP contribution < -0.4 is 0 Å². The Labute approximate surface area is 130 Å². The number of imidazole rings is 1. The summed E-state index contributed by atoms with van der Waals surface area (Å²) in [6.07, 6.45) is 5.71. The zero-order valence-electron chi connectivity index (χ0n) is 10.9. The van der Waals surface area contributed by atoms with Crippen LogP contribution in [0.1, 0.15) is 31.1 Å². The first kappa shape index (κ1) is 13.0. The van der Waals surface area contributed by atoms with Gasteiger partial charge in [0, 0.05) is 17.3 Å². The predicted molar refractivity (Wildman–Crippen MR) is 80.9 cm³/mol. The summed E-state index contributed by atoms with van der Waals surface area (Å²) in [7, 11) is 0. The average molecular weight is 357 g/mol. The maximum Gasteiger partial charge on any atom is 0.160 e.